The Labute approximate surface area is 206 Å². The highest BCUT2D eigenvalue weighted by atomic mass is 16.2. The Kier molecular flexibility index (Phi) is 9.01. The maximum atomic E-state index is 13.0. The van der Waals surface area contributed by atoms with E-state index in [1.807, 2.05) is 57.2 Å². The molecule has 3 amide bonds. The molecule has 3 aromatic rings. The molecule has 35 heavy (non-hydrogen) atoms. The van der Waals surface area contributed by atoms with E-state index in [0.717, 1.165) is 5.69 Å². The molecule has 0 saturated carbocycles. The molecule has 0 fully saturated rings. The van der Waals surface area contributed by atoms with Crippen molar-refractivity contribution in [2.24, 2.45) is 5.92 Å². The first-order chi connectivity index (χ1) is 16.9. The molecule has 7 heteroatoms. The van der Waals surface area contributed by atoms with E-state index in [1.165, 1.54) is 0 Å². The van der Waals surface area contributed by atoms with Gasteiger partial charge in [-0.05, 0) is 67.4 Å². The molecule has 7 nitrogen and oxygen atoms in total. The summed E-state index contributed by atoms with van der Waals surface area (Å²) in [5.41, 5.74) is 3.37. The second-order valence-corrected chi connectivity index (χ2v) is 8.59. The van der Waals surface area contributed by atoms with Crippen LogP contribution in [0.25, 0.3) is 0 Å². The molecule has 0 aromatic heterocycles. The summed E-state index contributed by atoms with van der Waals surface area (Å²) in [4.78, 5) is 39.1. The fourth-order valence-corrected chi connectivity index (χ4v) is 3.58. The topological polar surface area (TPSA) is 90.5 Å². The molecular formula is C28H32N4O3. The molecule has 0 aliphatic carbocycles. The number of anilines is 4. The van der Waals surface area contributed by atoms with Gasteiger partial charge in [0.2, 0.25) is 11.8 Å². The van der Waals surface area contributed by atoms with E-state index in [2.05, 4.69) is 16.0 Å². The minimum absolute atomic E-state index is 0.0347. The molecule has 3 aromatic carbocycles. The van der Waals surface area contributed by atoms with Crippen molar-refractivity contribution in [1.82, 2.24) is 0 Å². The number of hydrogen-bond donors (Lipinski definition) is 3. The second kappa shape index (κ2) is 12.4. The number of rotatable bonds is 10. The number of para-hydroxylation sites is 1. The van der Waals surface area contributed by atoms with Crippen LogP contribution in [0.1, 0.15) is 37.6 Å². The average molecular weight is 473 g/mol. The molecule has 0 aliphatic rings. The molecule has 0 spiro atoms. The summed E-state index contributed by atoms with van der Waals surface area (Å²) >= 11 is 0. The zero-order valence-electron chi connectivity index (χ0n) is 20.4. The lowest BCUT2D eigenvalue weighted by molar-refractivity contribution is -0.117. The van der Waals surface area contributed by atoms with E-state index in [0.29, 0.717) is 35.6 Å². The molecule has 0 unspecified atom stereocenters. The van der Waals surface area contributed by atoms with Crippen LogP contribution in [-0.4, -0.2) is 30.8 Å². The highest BCUT2D eigenvalue weighted by Crippen LogP contribution is 2.19. The average Bonchev–Trinajstić information content (AvgIpc) is 2.85. The van der Waals surface area contributed by atoms with Crippen molar-refractivity contribution in [3.8, 4) is 0 Å². The van der Waals surface area contributed by atoms with Gasteiger partial charge in [0, 0.05) is 41.3 Å². The van der Waals surface area contributed by atoms with Gasteiger partial charge in [0.25, 0.3) is 5.91 Å². The predicted molar refractivity (Wildman–Crippen MR) is 142 cm³/mol. The maximum absolute atomic E-state index is 13.0. The Hall–Kier alpha value is -4.13. The van der Waals surface area contributed by atoms with E-state index in [9.17, 15) is 14.4 Å². The molecular weight excluding hydrogens is 440 g/mol. The molecule has 3 N–H and O–H groups in total. The van der Waals surface area contributed by atoms with E-state index in [1.54, 1.807) is 47.4 Å². The highest BCUT2D eigenvalue weighted by molar-refractivity contribution is 6.06. The normalized spacial score (nSPS) is 10.5. The lowest BCUT2D eigenvalue weighted by atomic mass is 10.1. The van der Waals surface area contributed by atoms with E-state index in [4.69, 9.17) is 0 Å². The Morgan fingerprint density at radius 2 is 1.40 bits per heavy atom. The predicted octanol–water partition coefficient (Wildman–Crippen LogP) is 5.39. The van der Waals surface area contributed by atoms with E-state index >= 15 is 0 Å². The molecule has 0 heterocycles. The molecule has 3 rings (SSSR count). The van der Waals surface area contributed by atoms with Crippen molar-refractivity contribution < 1.29 is 14.4 Å². The number of carbonyl (C=O) groups excluding carboxylic acids is 3. The van der Waals surface area contributed by atoms with Crippen molar-refractivity contribution in [1.29, 1.82) is 0 Å². The van der Waals surface area contributed by atoms with Crippen LogP contribution >= 0.6 is 0 Å². The largest absolute Gasteiger partial charge is 0.376 e. The van der Waals surface area contributed by atoms with Crippen LogP contribution in [0.2, 0.25) is 0 Å². The smallest absolute Gasteiger partial charge is 0.258 e. The van der Waals surface area contributed by atoms with Crippen LogP contribution in [0.15, 0.2) is 78.9 Å². The van der Waals surface area contributed by atoms with Gasteiger partial charge in [0.05, 0.1) is 6.54 Å². The fourth-order valence-electron chi connectivity index (χ4n) is 3.58. The lowest BCUT2D eigenvalue weighted by Gasteiger charge is -2.21. The summed E-state index contributed by atoms with van der Waals surface area (Å²) in [7, 11) is 0. The summed E-state index contributed by atoms with van der Waals surface area (Å²) in [5.74, 6) is -0.0768. The van der Waals surface area contributed by atoms with Crippen molar-refractivity contribution in [3.05, 3.63) is 84.4 Å². The summed E-state index contributed by atoms with van der Waals surface area (Å²) < 4.78 is 0. The number of amides is 3. The Balaban J connectivity index is 1.54. The van der Waals surface area contributed by atoms with Gasteiger partial charge in [-0.3, -0.25) is 14.4 Å². The van der Waals surface area contributed by atoms with Crippen LogP contribution in [0.3, 0.4) is 0 Å². The van der Waals surface area contributed by atoms with Crippen molar-refractivity contribution in [2.45, 2.75) is 27.2 Å². The molecule has 0 aliphatic heterocycles. The first kappa shape index (κ1) is 25.5. The Bertz CT molecular complexity index is 1140. The van der Waals surface area contributed by atoms with Crippen molar-refractivity contribution >= 4 is 40.5 Å². The zero-order valence-corrected chi connectivity index (χ0v) is 20.4. The number of nitrogens with one attached hydrogen (secondary N) is 3. The van der Waals surface area contributed by atoms with Crippen LogP contribution in [-0.2, 0) is 9.59 Å². The first-order valence-electron chi connectivity index (χ1n) is 11.8. The zero-order chi connectivity index (χ0) is 25.2. The summed E-state index contributed by atoms with van der Waals surface area (Å²) in [6.45, 7) is 6.50. The van der Waals surface area contributed by atoms with Gasteiger partial charge < -0.3 is 20.9 Å². The van der Waals surface area contributed by atoms with Gasteiger partial charge in [0.15, 0.2) is 0 Å². The molecule has 0 atom stereocenters. The van der Waals surface area contributed by atoms with Crippen molar-refractivity contribution in [3.63, 3.8) is 0 Å². The van der Waals surface area contributed by atoms with Crippen LogP contribution < -0.4 is 20.9 Å². The third-order valence-electron chi connectivity index (χ3n) is 5.24. The number of hydrogen-bond acceptors (Lipinski definition) is 4. The monoisotopic (exact) mass is 472 g/mol. The Morgan fingerprint density at radius 3 is 2.00 bits per heavy atom. The van der Waals surface area contributed by atoms with Crippen molar-refractivity contribution in [2.75, 3.05) is 33.9 Å². The molecule has 0 saturated heterocycles. The fraction of sp³-hybridized carbons (Fsp3) is 0.250. The molecule has 0 bridgehead atoms. The van der Waals surface area contributed by atoms with Crippen LogP contribution in [0, 0.1) is 5.92 Å². The standard InChI is InChI=1S/C28H32N4O3/c1-4-32(25-11-6-5-7-12-25)28(35)21-9-8-10-24(18-21)29-19-27(34)31-23-15-13-22(14-16-23)30-26(33)17-20(2)3/h5-16,18,20,29H,4,17,19H2,1-3H3,(H,30,33)(H,31,34). The minimum Gasteiger partial charge on any atom is -0.376 e. The quantitative estimate of drug-likeness (QED) is 0.369. The third kappa shape index (κ3) is 7.71. The number of nitrogens with zero attached hydrogens (tertiary/aromatic N) is 1. The summed E-state index contributed by atoms with van der Waals surface area (Å²) in [5, 5.41) is 8.74. The third-order valence-corrected chi connectivity index (χ3v) is 5.24. The van der Waals surface area contributed by atoms with Gasteiger partial charge in [-0.15, -0.1) is 0 Å². The van der Waals surface area contributed by atoms with Crippen LogP contribution in [0.4, 0.5) is 22.7 Å². The van der Waals surface area contributed by atoms with Gasteiger partial charge in [-0.25, -0.2) is 0 Å². The summed E-state index contributed by atoms with van der Waals surface area (Å²) in [6, 6.07) is 23.6. The SMILES string of the molecule is CCN(C(=O)c1cccc(NCC(=O)Nc2ccc(NC(=O)CC(C)C)cc2)c1)c1ccccc1. The highest BCUT2D eigenvalue weighted by Gasteiger charge is 2.16. The number of carbonyl (C=O) groups is 3. The van der Waals surface area contributed by atoms with Gasteiger partial charge in [0.1, 0.15) is 0 Å². The minimum atomic E-state index is -0.224. The van der Waals surface area contributed by atoms with Gasteiger partial charge in [-0.2, -0.15) is 0 Å². The lowest BCUT2D eigenvalue weighted by Crippen LogP contribution is -2.30. The van der Waals surface area contributed by atoms with E-state index in [-0.39, 0.29) is 30.2 Å². The van der Waals surface area contributed by atoms with Gasteiger partial charge >= 0.3 is 0 Å². The molecule has 182 valence electrons. The Morgan fingerprint density at radius 1 is 0.771 bits per heavy atom. The second-order valence-electron chi connectivity index (χ2n) is 8.59. The van der Waals surface area contributed by atoms with Gasteiger partial charge in [-0.1, -0.05) is 38.1 Å². The summed E-state index contributed by atoms with van der Waals surface area (Å²) in [6.07, 6.45) is 0.458. The maximum Gasteiger partial charge on any atom is 0.258 e. The van der Waals surface area contributed by atoms with E-state index < -0.39 is 0 Å². The number of benzene rings is 3. The van der Waals surface area contributed by atoms with Crippen LogP contribution in [0.5, 0.6) is 0 Å². The first-order valence-corrected chi connectivity index (χ1v) is 11.8. The molecule has 0 radical (unpaired) electrons.